The van der Waals surface area contributed by atoms with Crippen LogP contribution in [-0.4, -0.2) is 42.5 Å². The molecule has 0 aliphatic rings. The molecule has 0 saturated carbocycles. The lowest BCUT2D eigenvalue weighted by atomic mass is 9.94. The van der Waals surface area contributed by atoms with E-state index in [-0.39, 0.29) is 0 Å². The maximum absolute atomic E-state index is 12.6. The van der Waals surface area contributed by atoms with Gasteiger partial charge in [0.2, 0.25) is 0 Å². The molecule has 0 N–H and O–H groups in total. The highest BCUT2D eigenvalue weighted by Crippen LogP contribution is 2.60. The molecular weight excluding hydrogens is 350 g/mol. The second-order valence-electron chi connectivity index (χ2n) is 3.63. The van der Waals surface area contributed by atoms with Crippen molar-refractivity contribution >= 4 is 0 Å². The highest BCUT2D eigenvalue weighted by atomic mass is 19.4. The third-order valence-electron chi connectivity index (χ3n) is 2.17. The smallest absolute Gasteiger partial charge is 0.244 e. The Balaban J connectivity index is 6.14. The van der Waals surface area contributed by atoms with Crippen LogP contribution >= 0.6 is 0 Å². The monoisotopic (exact) mass is 352 g/mol. The summed E-state index contributed by atoms with van der Waals surface area (Å²) < 4.78 is 170. The molecule has 0 nitrogen and oxygen atoms in total. The van der Waals surface area contributed by atoms with Gasteiger partial charge in [0.05, 0.1) is 0 Å². The average molecular weight is 352 g/mol. The van der Waals surface area contributed by atoms with Crippen molar-refractivity contribution < 1.29 is 61.5 Å². The fraction of sp³-hybridized carbons (Fsp3) is 1.00. The number of rotatable bonds is 5. The molecule has 0 bridgehead atoms. The fourth-order valence-electron chi connectivity index (χ4n) is 0.886. The molecule has 0 heterocycles. The molecule has 0 radical (unpaired) electrons. The lowest BCUT2D eigenvalue weighted by Gasteiger charge is -2.39. The molecule has 0 fully saturated rings. The topological polar surface area (TPSA) is 0 Å². The van der Waals surface area contributed by atoms with Gasteiger partial charge < -0.3 is 0 Å². The first-order valence-electron chi connectivity index (χ1n) is 4.33. The Morgan fingerprint density at radius 3 is 0.952 bits per heavy atom. The van der Waals surface area contributed by atoms with Gasteiger partial charge in [0.15, 0.2) is 6.67 Å². The summed E-state index contributed by atoms with van der Waals surface area (Å²) in [5.74, 6) is -37.8. The Hall–Kier alpha value is -0.980. The second kappa shape index (κ2) is 4.76. The van der Waals surface area contributed by atoms with E-state index < -0.39 is 42.5 Å². The van der Waals surface area contributed by atoms with Gasteiger partial charge in [-0.1, -0.05) is 0 Å². The lowest BCUT2D eigenvalue weighted by molar-refractivity contribution is -0.440. The van der Waals surface area contributed by atoms with Crippen molar-refractivity contribution in [1.29, 1.82) is 0 Å². The predicted octanol–water partition coefficient (Wildman–Crippen LogP) is 4.69. The molecular formula is C7H2F14. The first kappa shape index (κ1) is 20.0. The van der Waals surface area contributed by atoms with E-state index in [1.165, 1.54) is 0 Å². The molecule has 128 valence electrons. The molecule has 0 aliphatic heterocycles. The third kappa shape index (κ3) is 2.49. The molecule has 0 unspecified atom stereocenters. The van der Waals surface area contributed by atoms with Crippen LogP contribution < -0.4 is 0 Å². The SMILES string of the molecule is FCC(F)(F)C(F)(F)C(F)(F)C(F)(F)C(F)(F)C(F)(F)F. The highest BCUT2D eigenvalue weighted by Gasteiger charge is 2.90. The zero-order valence-electron chi connectivity index (χ0n) is 9.00. The Bertz CT molecular complexity index is 375. The number of alkyl halides is 14. The van der Waals surface area contributed by atoms with Crippen molar-refractivity contribution in [2.75, 3.05) is 6.67 Å². The second-order valence-corrected chi connectivity index (χ2v) is 3.63. The summed E-state index contributed by atoms with van der Waals surface area (Å²) in [7, 11) is 0. The number of hydrogen-bond donors (Lipinski definition) is 0. The quantitative estimate of drug-likeness (QED) is 0.630. The zero-order chi connectivity index (χ0) is 17.7. The molecule has 0 amide bonds. The van der Waals surface area contributed by atoms with Gasteiger partial charge in [-0.25, -0.2) is 4.39 Å². The Morgan fingerprint density at radius 2 is 0.714 bits per heavy atom. The van der Waals surface area contributed by atoms with Crippen LogP contribution in [0.3, 0.4) is 0 Å². The summed E-state index contributed by atoms with van der Waals surface area (Å²) in [5, 5.41) is 0. The molecule has 0 atom stereocenters. The van der Waals surface area contributed by atoms with Gasteiger partial charge in [-0.05, 0) is 0 Å². The van der Waals surface area contributed by atoms with Crippen LogP contribution in [0.15, 0.2) is 0 Å². The van der Waals surface area contributed by atoms with Crippen LogP contribution in [0.1, 0.15) is 0 Å². The van der Waals surface area contributed by atoms with Crippen LogP contribution in [0, 0.1) is 0 Å². The maximum atomic E-state index is 12.6. The van der Waals surface area contributed by atoms with Crippen molar-refractivity contribution in [2.24, 2.45) is 0 Å². The first-order chi connectivity index (χ1) is 8.81. The van der Waals surface area contributed by atoms with Crippen molar-refractivity contribution in [3.63, 3.8) is 0 Å². The molecule has 0 aromatic heterocycles. The first-order valence-corrected chi connectivity index (χ1v) is 4.33. The van der Waals surface area contributed by atoms with Gasteiger partial charge in [-0.15, -0.1) is 0 Å². The molecule has 0 saturated heterocycles. The van der Waals surface area contributed by atoms with E-state index in [1.807, 2.05) is 0 Å². The highest BCUT2D eigenvalue weighted by molar-refractivity contribution is 5.10. The van der Waals surface area contributed by atoms with Gasteiger partial charge in [-0.2, -0.15) is 57.1 Å². The predicted molar refractivity (Wildman–Crippen MR) is 36.8 cm³/mol. The minimum Gasteiger partial charge on any atom is -0.244 e. The van der Waals surface area contributed by atoms with E-state index in [2.05, 4.69) is 0 Å². The van der Waals surface area contributed by atoms with Crippen LogP contribution in [0.5, 0.6) is 0 Å². The van der Waals surface area contributed by atoms with Crippen molar-refractivity contribution in [3.05, 3.63) is 0 Å². The van der Waals surface area contributed by atoms with Crippen molar-refractivity contribution in [1.82, 2.24) is 0 Å². The van der Waals surface area contributed by atoms with E-state index in [0.717, 1.165) is 0 Å². The minimum absolute atomic E-state index is 3.71. The summed E-state index contributed by atoms with van der Waals surface area (Å²) >= 11 is 0. The fourth-order valence-corrected chi connectivity index (χ4v) is 0.886. The maximum Gasteiger partial charge on any atom is 0.460 e. The Morgan fingerprint density at radius 1 is 0.429 bits per heavy atom. The number of halogens is 14. The summed E-state index contributed by atoms with van der Waals surface area (Å²) in [6, 6.07) is 0. The van der Waals surface area contributed by atoms with Crippen LogP contribution in [-0.2, 0) is 0 Å². The summed E-state index contributed by atoms with van der Waals surface area (Å²) in [6.07, 6.45) is -7.46. The van der Waals surface area contributed by atoms with Gasteiger partial charge in [-0.3, -0.25) is 0 Å². The van der Waals surface area contributed by atoms with Crippen LogP contribution in [0.4, 0.5) is 61.5 Å². The average Bonchev–Trinajstić information content (AvgIpc) is 2.26. The van der Waals surface area contributed by atoms with Crippen LogP contribution in [0.2, 0.25) is 0 Å². The van der Waals surface area contributed by atoms with E-state index in [9.17, 15) is 61.5 Å². The molecule has 14 heteroatoms. The lowest BCUT2D eigenvalue weighted by Crippen LogP contribution is -2.70. The standard InChI is InChI=1S/C7H2F14/c8-1-2(9,10)3(11,12)4(13,14)5(15,16)6(17,18)7(19,20)21/h1H2. The van der Waals surface area contributed by atoms with Gasteiger partial charge in [0.25, 0.3) is 0 Å². The molecule has 0 rings (SSSR count). The number of hydrogen-bond acceptors (Lipinski definition) is 0. The molecule has 0 aromatic rings. The zero-order valence-corrected chi connectivity index (χ0v) is 9.00. The van der Waals surface area contributed by atoms with Crippen molar-refractivity contribution in [3.8, 4) is 0 Å². The Labute approximate surface area is 105 Å². The van der Waals surface area contributed by atoms with Gasteiger partial charge in [0, 0.05) is 0 Å². The van der Waals surface area contributed by atoms with Gasteiger partial charge in [0.1, 0.15) is 0 Å². The van der Waals surface area contributed by atoms with Crippen LogP contribution in [0.25, 0.3) is 0 Å². The minimum atomic E-state index is -7.97. The van der Waals surface area contributed by atoms with E-state index in [1.54, 1.807) is 0 Å². The van der Waals surface area contributed by atoms with E-state index in [0.29, 0.717) is 0 Å². The van der Waals surface area contributed by atoms with Gasteiger partial charge >= 0.3 is 35.8 Å². The summed E-state index contributed by atoms with van der Waals surface area (Å²) in [6.45, 7) is -3.71. The van der Waals surface area contributed by atoms with E-state index >= 15 is 0 Å². The molecule has 0 aliphatic carbocycles. The normalized spacial score (nSPS) is 16.3. The summed E-state index contributed by atoms with van der Waals surface area (Å²) in [5.41, 5.74) is 0. The van der Waals surface area contributed by atoms with Crippen molar-refractivity contribution in [2.45, 2.75) is 35.8 Å². The molecule has 0 aromatic carbocycles. The Kier molecular flexibility index (Phi) is 4.54. The summed E-state index contributed by atoms with van der Waals surface area (Å²) in [4.78, 5) is 0. The molecule has 21 heavy (non-hydrogen) atoms. The molecule has 0 spiro atoms. The van der Waals surface area contributed by atoms with E-state index in [4.69, 9.17) is 0 Å². The largest absolute Gasteiger partial charge is 0.460 e. The third-order valence-corrected chi connectivity index (χ3v) is 2.17.